The van der Waals surface area contributed by atoms with E-state index in [0.29, 0.717) is 64.8 Å². The van der Waals surface area contributed by atoms with Crippen LogP contribution in [-0.2, 0) is 11.2 Å². The first-order chi connectivity index (χ1) is 20.7. The van der Waals surface area contributed by atoms with Gasteiger partial charge in [0.05, 0.1) is 24.2 Å². The van der Waals surface area contributed by atoms with Crippen molar-refractivity contribution in [3.63, 3.8) is 0 Å². The van der Waals surface area contributed by atoms with E-state index in [1.165, 1.54) is 12.1 Å². The summed E-state index contributed by atoms with van der Waals surface area (Å²) in [5, 5.41) is 12.1. The maximum atomic E-state index is 16.7. The SMILES string of the molecule is C=C(N)CC1(COc2nc(N3CCC[C@]4(CCO4)C3)c3cnc(-c4cc(O)cc5ccc(F)c(CC)c45)c(F)c3n2)CC1. The van der Waals surface area contributed by atoms with Gasteiger partial charge in [0.2, 0.25) is 0 Å². The van der Waals surface area contributed by atoms with Crippen LogP contribution in [0.3, 0.4) is 0 Å². The van der Waals surface area contributed by atoms with Crippen LogP contribution in [0.1, 0.15) is 51.0 Å². The molecule has 3 fully saturated rings. The number of phenolic OH excluding ortho intramolecular Hbond substituents is 1. The molecule has 2 aliphatic heterocycles. The second-order valence-electron chi connectivity index (χ2n) is 12.4. The lowest BCUT2D eigenvalue weighted by Gasteiger charge is -2.48. The molecule has 0 radical (unpaired) electrons. The molecule has 2 saturated heterocycles. The van der Waals surface area contributed by atoms with Gasteiger partial charge in [-0.2, -0.15) is 9.97 Å². The zero-order valence-electron chi connectivity index (χ0n) is 24.3. The summed E-state index contributed by atoms with van der Waals surface area (Å²) in [5.74, 6) is -0.607. The number of allylic oxidation sites excluding steroid dienone is 1. The number of pyridine rings is 1. The predicted octanol–water partition coefficient (Wildman–Crippen LogP) is 6.17. The van der Waals surface area contributed by atoms with Crippen LogP contribution in [0.25, 0.3) is 32.9 Å². The van der Waals surface area contributed by atoms with Crippen molar-refractivity contribution in [2.75, 3.05) is 31.2 Å². The standard InChI is InChI=1S/C33H35F2N5O3/c1-3-22-25(34)6-5-20-13-21(41)14-23(26(20)22)28-27(35)29-24(16-37-28)30(40-11-4-7-33(17-40)10-12-43-33)39-31(38-29)42-18-32(8-9-32)15-19(2)36/h5-6,13-14,16,41H,2-4,7-12,15,17-18,36H2,1H3/t33-/m0/s1. The lowest BCUT2D eigenvalue weighted by atomic mass is 9.86. The Kier molecular flexibility index (Phi) is 6.65. The van der Waals surface area contributed by atoms with E-state index in [1.54, 1.807) is 18.3 Å². The summed E-state index contributed by atoms with van der Waals surface area (Å²) in [5.41, 5.74) is 6.93. The highest BCUT2D eigenvalue weighted by atomic mass is 19.1. The molecule has 224 valence electrons. The van der Waals surface area contributed by atoms with E-state index in [9.17, 15) is 9.50 Å². The molecule has 43 heavy (non-hydrogen) atoms. The van der Waals surface area contributed by atoms with E-state index in [1.807, 2.05) is 6.92 Å². The van der Waals surface area contributed by atoms with E-state index < -0.39 is 11.6 Å². The van der Waals surface area contributed by atoms with Gasteiger partial charge in [0.1, 0.15) is 28.6 Å². The smallest absolute Gasteiger partial charge is 0.319 e. The number of aromatic nitrogens is 3. The van der Waals surface area contributed by atoms with Gasteiger partial charge < -0.3 is 25.2 Å². The molecule has 0 unspecified atom stereocenters. The largest absolute Gasteiger partial charge is 0.508 e. The fourth-order valence-electron chi connectivity index (χ4n) is 6.79. The molecule has 1 spiro atoms. The first kappa shape index (κ1) is 27.8. The molecule has 2 aromatic carbocycles. The molecule has 7 rings (SSSR count). The normalized spacial score (nSPS) is 20.9. The highest BCUT2D eigenvalue weighted by Crippen LogP contribution is 2.50. The topological polar surface area (TPSA) is 107 Å². The number of nitrogens with two attached hydrogens (primary N) is 1. The monoisotopic (exact) mass is 587 g/mol. The zero-order valence-corrected chi connectivity index (χ0v) is 24.3. The highest BCUT2D eigenvalue weighted by Gasteiger charge is 2.45. The first-order valence-corrected chi connectivity index (χ1v) is 15.0. The number of anilines is 1. The second-order valence-corrected chi connectivity index (χ2v) is 12.4. The van der Waals surface area contributed by atoms with Crippen molar-refractivity contribution in [3.05, 3.63) is 59.9 Å². The van der Waals surface area contributed by atoms with E-state index in [4.69, 9.17) is 20.2 Å². The third kappa shape index (κ3) is 4.91. The van der Waals surface area contributed by atoms with Crippen molar-refractivity contribution in [1.82, 2.24) is 15.0 Å². The maximum absolute atomic E-state index is 16.7. The maximum Gasteiger partial charge on any atom is 0.319 e. The number of piperidine rings is 1. The molecular formula is C33H35F2N5O3. The number of rotatable bonds is 8. The minimum Gasteiger partial charge on any atom is -0.508 e. The molecule has 1 aliphatic carbocycles. The molecule has 2 aromatic heterocycles. The quantitative estimate of drug-likeness (QED) is 0.252. The van der Waals surface area contributed by atoms with Crippen LogP contribution in [0.4, 0.5) is 14.6 Å². The summed E-state index contributed by atoms with van der Waals surface area (Å²) in [6.07, 6.45) is 7.37. The zero-order chi connectivity index (χ0) is 29.9. The van der Waals surface area contributed by atoms with Crippen LogP contribution in [0, 0.1) is 17.0 Å². The number of hydrogen-bond acceptors (Lipinski definition) is 8. The number of aromatic hydroxyl groups is 1. The Balaban J connectivity index is 1.38. The molecule has 4 aromatic rings. The van der Waals surface area contributed by atoms with Gasteiger partial charge in [0.15, 0.2) is 5.82 Å². The molecular weight excluding hydrogens is 552 g/mol. The van der Waals surface area contributed by atoms with Crippen molar-refractivity contribution in [1.29, 1.82) is 0 Å². The molecule has 8 nitrogen and oxygen atoms in total. The summed E-state index contributed by atoms with van der Waals surface area (Å²) in [4.78, 5) is 16.0. The number of halogens is 2. The Labute approximate surface area is 248 Å². The van der Waals surface area contributed by atoms with Crippen molar-refractivity contribution in [2.24, 2.45) is 11.1 Å². The second kappa shape index (κ2) is 10.3. The van der Waals surface area contributed by atoms with E-state index in [0.717, 1.165) is 45.3 Å². The summed E-state index contributed by atoms with van der Waals surface area (Å²) < 4.78 is 43.8. The number of nitrogens with zero attached hydrogens (tertiary/aromatic N) is 4. The predicted molar refractivity (Wildman–Crippen MR) is 161 cm³/mol. The minimum atomic E-state index is -0.688. The molecule has 0 amide bonds. The van der Waals surface area contributed by atoms with Crippen molar-refractivity contribution >= 4 is 27.5 Å². The Hall–Kier alpha value is -4.05. The first-order valence-electron chi connectivity index (χ1n) is 15.0. The molecule has 3 aliphatic rings. The van der Waals surface area contributed by atoms with Crippen LogP contribution in [-0.4, -0.2) is 52.0 Å². The third-order valence-electron chi connectivity index (χ3n) is 9.28. The van der Waals surface area contributed by atoms with Gasteiger partial charge in [-0.15, -0.1) is 0 Å². The summed E-state index contributed by atoms with van der Waals surface area (Å²) >= 11 is 0. The van der Waals surface area contributed by atoms with Gasteiger partial charge in [-0.05, 0) is 73.1 Å². The van der Waals surface area contributed by atoms with E-state index in [-0.39, 0.29) is 34.0 Å². The fraction of sp³-hybridized carbons (Fsp3) is 0.424. The van der Waals surface area contributed by atoms with E-state index >= 15 is 4.39 Å². The number of phenols is 1. The van der Waals surface area contributed by atoms with Gasteiger partial charge in [-0.25, -0.2) is 8.78 Å². The lowest BCUT2D eigenvalue weighted by molar-refractivity contribution is -0.151. The fourth-order valence-corrected chi connectivity index (χ4v) is 6.79. The van der Waals surface area contributed by atoms with Crippen molar-refractivity contribution < 1.29 is 23.4 Å². The molecule has 3 N–H and O–H groups in total. The van der Waals surface area contributed by atoms with E-state index in [2.05, 4.69) is 21.4 Å². The molecule has 4 heterocycles. The average Bonchev–Trinajstić information content (AvgIpc) is 3.74. The van der Waals surface area contributed by atoms with Crippen LogP contribution in [0.2, 0.25) is 0 Å². The van der Waals surface area contributed by atoms with Crippen LogP contribution >= 0.6 is 0 Å². The number of ether oxygens (including phenoxy) is 2. The highest BCUT2D eigenvalue weighted by molar-refractivity contribution is 6.01. The summed E-state index contributed by atoms with van der Waals surface area (Å²) in [6.45, 7) is 8.13. The molecule has 1 atom stereocenters. The number of aryl methyl sites for hydroxylation is 1. The summed E-state index contributed by atoms with van der Waals surface area (Å²) in [7, 11) is 0. The molecule has 1 saturated carbocycles. The van der Waals surface area contributed by atoms with Crippen molar-refractivity contribution in [2.45, 2.75) is 57.5 Å². The lowest BCUT2D eigenvalue weighted by Crippen LogP contribution is -2.56. The van der Waals surface area contributed by atoms with Crippen molar-refractivity contribution in [3.8, 4) is 23.0 Å². The number of hydrogen-bond donors (Lipinski definition) is 2. The van der Waals surface area contributed by atoms with Crippen LogP contribution in [0.15, 0.2) is 42.7 Å². The average molecular weight is 588 g/mol. The van der Waals surface area contributed by atoms with Gasteiger partial charge in [-0.1, -0.05) is 19.6 Å². The Morgan fingerprint density at radius 1 is 1.19 bits per heavy atom. The number of fused-ring (bicyclic) bond motifs is 2. The van der Waals surface area contributed by atoms with Gasteiger partial charge >= 0.3 is 6.01 Å². The molecule has 0 bridgehead atoms. The summed E-state index contributed by atoms with van der Waals surface area (Å²) in [6, 6.07) is 5.98. The van der Waals surface area contributed by atoms with Crippen LogP contribution in [0.5, 0.6) is 11.8 Å². The Morgan fingerprint density at radius 2 is 2.00 bits per heavy atom. The van der Waals surface area contributed by atoms with Crippen LogP contribution < -0.4 is 15.4 Å². The molecule has 10 heteroatoms. The Bertz CT molecular complexity index is 1770. The third-order valence-corrected chi connectivity index (χ3v) is 9.28. The minimum absolute atomic E-state index is 0.0279. The van der Waals surface area contributed by atoms with Gasteiger partial charge in [-0.3, -0.25) is 4.98 Å². The number of benzene rings is 2. The Morgan fingerprint density at radius 3 is 2.70 bits per heavy atom. The van der Waals surface area contributed by atoms with Gasteiger partial charge in [0, 0.05) is 42.4 Å². The van der Waals surface area contributed by atoms with Gasteiger partial charge in [0.25, 0.3) is 0 Å².